The van der Waals surface area contributed by atoms with Crippen molar-refractivity contribution in [2.75, 3.05) is 19.1 Å². The molecule has 0 radical (unpaired) electrons. The van der Waals surface area contributed by atoms with E-state index < -0.39 is 6.10 Å². The van der Waals surface area contributed by atoms with Crippen LogP contribution in [0.3, 0.4) is 0 Å². The highest BCUT2D eigenvalue weighted by Crippen LogP contribution is 2.04. The van der Waals surface area contributed by atoms with Gasteiger partial charge in [0.1, 0.15) is 0 Å². The highest BCUT2D eigenvalue weighted by atomic mass is 35.5. The van der Waals surface area contributed by atoms with E-state index in [9.17, 15) is 0 Å². The highest BCUT2D eigenvalue weighted by molar-refractivity contribution is 6.18. The van der Waals surface area contributed by atoms with Crippen molar-refractivity contribution in [2.45, 2.75) is 51.6 Å². The molecule has 0 bridgehead atoms. The van der Waals surface area contributed by atoms with Gasteiger partial charge in [-0.15, -0.1) is 11.6 Å². The second-order valence-corrected chi connectivity index (χ2v) is 3.96. The molecule has 0 aliphatic rings. The predicted octanol–water partition coefficient (Wildman–Crippen LogP) is 2.96. The van der Waals surface area contributed by atoms with Crippen LogP contribution in [0.1, 0.15) is 45.4 Å². The first kappa shape index (κ1) is 14.2. The number of halogens is 1. The van der Waals surface area contributed by atoms with Crippen LogP contribution in [0.4, 0.5) is 0 Å². The number of hydrogen-bond donors (Lipinski definition) is 1. The Bertz CT molecular complexity index is 109. The van der Waals surface area contributed by atoms with Crippen molar-refractivity contribution < 1.29 is 9.84 Å². The highest BCUT2D eigenvalue weighted by Gasteiger charge is 2.00. The molecule has 0 heterocycles. The van der Waals surface area contributed by atoms with Gasteiger partial charge in [-0.1, -0.05) is 39.0 Å². The minimum Gasteiger partial charge on any atom is -0.389 e. The van der Waals surface area contributed by atoms with E-state index in [0.29, 0.717) is 6.61 Å². The van der Waals surface area contributed by atoms with E-state index in [0.717, 1.165) is 13.0 Å². The summed E-state index contributed by atoms with van der Waals surface area (Å²) in [6.45, 7) is 3.34. The second kappa shape index (κ2) is 11.3. The number of aliphatic hydroxyl groups is 1. The number of unbranched alkanes of at least 4 members (excludes halogenated alkanes) is 5. The third kappa shape index (κ3) is 10.3. The number of rotatable bonds is 10. The van der Waals surface area contributed by atoms with Crippen LogP contribution in [0, 0.1) is 0 Å². The molecule has 86 valence electrons. The molecule has 1 atom stereocenters. The van der Waals surface area contributed by atoms with Crippen LogP contribution in [0.15, 0.2) is 0 Å². The molecular weight excluding hydrogens is 200 g/mol. The monoisotopic (exact) mass is 222 g/mol. The molecule has 0 aromatic heterocycles. The molecule has 2 nitrogen and oxygen atoms in total. The van der Waals surface area contributed by atoms with Gasteiger partial charge in [-0.05, 0) is 6.42 Å². The molecule has 0 saturated carbocycles. The number of alkyl halides is 1. The Hall–Kier alpha value is 0.210. The average molecular weight is 223 g/mol. The van der Waals surface area contributed by atoms with Crippen molar-refractivity contribution >= 4 is 11.6 Å². The third-order valence-electron chi connectivity index (χ3n) is 2.13. The average Bonchev–Trinajstić information content (AvgIpc) is 2.21. The van der Waals surface area contributed by atoms with E-state index in [1.807, 2.05) is 0 Å². The third-order valence-corrected chi connectivity index (χ3v) is 2.49. The lowest BCUT2D eigenvalue weighted by Gasteiger charge is -2.07. The summed E-state index contributed by atoms with van der Waals surface area (Å²) in [6.07, 6.45) is 7.09. The molecule has 0 saturated heterocycles. The Morgan fingerprint density at radius 1 is 1.14 bits per heavy atom. The smallest absolute Gasteiger partial charge is 0.0908 e. The van der Waals surface area contributed by atoms with Crippen molar-refractivity contribution in [3.05, 3.63) is 0 Å². The fourth-order valence-corrected chi connectivity index (χ4v) is 1.34. The largest absolute Gasteiger partial charge is 0.389 e. The van der Waals surface area contributed by atoms with Gasteiger partial charge in [-0.25, -0.2) is 0 Å². The molecule has 1 N–H and O–H groups in total. The first-order chi connectivity index (χ1) is 6.81. The minimum absolute atomic E-state index is 0.260. The summed E-state index contributed by atoms with van der Waals surface area (Å²) in [5.74, 6) is 0.260. The molecule has 0 aliphatic heterocycles. The van der Waals surface area contributed by atoms with Gasteiger partial charge in [0, 0.05) is 6.61 Å². The Morgan fingerprint density at radius 2 is 1.79 bits per heavy atom. The zero-order chi connectivity index (χ0) is 10.6. The van der Waals surface area contributed by atoms with Crippen molar-refractivity contribution in [3.63, 3.8) is 0 Å². The molecule has 0 aromatic carbocycles. The first-order valence-corrected chi connectivity index (χ1v) is 6.16. The van der Waals surface area contributed by atoms with Crippen LogP contribution in [0.2, 0.25) is 0 Å². The van der Waals surface area contributed by atoms with E-state index in [4.69, 9.17) is 21.4 Å². The molecule has 0 fully saturated rings. The number of aliphatic hydroxyl groups excluding tert-OH is 1. The van der Waals surface area contributed by atoms with Crippen molar-refractivity contribution in [1.29, 1.82) is 0 Å². The van der Waals surface area contributed by atoms with Crippen molar-refractivity contribution in [2.24, 2.45) is 0 Å². The zero-order valence-corrected chi connectivity index (χ0v) is 9.93. The maximum absolute atomic E-state index is 9.07. The van der Waals surface area contributed by atoms with Gasteiger partial charge in [0.2, 0.25) is 0 Å². The molecule has 14 heavy (non-hydrogen) atoms. The molecule has 0 aromatic rings. The predicted molar refractivity (Wildman–Crippen MR) is 60.9 cm³/mol. The van der Waals surface area contributed by atoms with E-state index in [2.05, 4.69) is 6.92 Å². The summed E-state index contributed by atoms with van der Waals surface area (Å²) in [4.78, 5) is 0. The van der Waals surface area contributed by atoms with Gasteiger partial charge >= 0.3 is 0 Å². The van der Waals surface area contributed by atoms with Gasteiger partial charge in [0.25, 0.3) is 0 Å². The molecule has 3 heteroatoms. The lowest BCUT2D eigenvalue weighted by molar-refractivity contribution is 0.0461. The van der Waals surface area contributed by atoms with Crippen LogP contribution in [-0.2, 0) is 4.74 Å². The van der Waals surface area contributed by atoms with Gasteiger partial charge < -0.3 is 9.84 Å². The van der Waals surface area contributed by atoms with Crippen LogP contribution >= 0.6 is 11.6 Å². The maximum atomic E-state index is 9.07. The SMILES string of the molecule is CCCCCCCCOCC(O)CCl. The molecule has 0 spiro atoms. The fraction of sp³-hybridized carbons (Fsp3) is 1.00. The van der Waals surface area contributed by atoms with Crippen LogP contribution in [-0.4, -0.2) is 30.3 Å². The molecule has 1 unspecified atom stereocenters. The normalized spacial score (nSPS) is 13.1. The quantitative estimate of drug-likeness (QED) is 0.455. The Kier molecular flexibility index (Phi) is 11.5. The molecule has 0 amide bonds. The second-order valence-electron chi connectivity index (χ2n) is 3.65. The standard InChI is InChI=1S/C11H23ClO2/c1-2-3-4-5-6-7-8-14-10-11(13)9-12/h11,13H,2-10H2,1H3. The lowest BCUT2D eigenvalue weighted by atomic mass is 10.1. The topological polar surface area (TPSA) is 29.5 Å². The van der Waals surface area contributed by atoms with E-state index in [1.165, 1.54) is 32.1 Å². The number of hydrogen-bond acceptors (Lipinski definition) is 2. The van der Waals surface area contributed by atoms with Gasteiger partial charge in [0.05, 0.1) is 18.6 Å². The van der Waals surface area contributed by atoms with Gasteiger partial charge in [-0.2, -0.15) is 0 Å². The van der Waals surface area contributed by atoms with Gasteiger partial charge in [-0.3, -0.25) is 0 Å². The molecule has 0 aliphatic carbocycles. The lowest BCUT2D eigenvalue weighted by Crippen LogP contribution is -2.17. The van der Waals surface area contributed by atoms with Crippen LogP contribution < -0.4 is 0 Å². The maximum Gasteiger partial charge on any atom is 0.0908 e. The Labute approximate surface area is 92.6 Å². The molecule has 0 rings (SSSR count). The summed E-state index contributed by atoms with van der Waals surface area (Å²) in [5.41, 5.74) is 0. The van der Waals surface area contributed by atoms with Gasteiger partial charge in [0.15, 0.2) is 0 Å². The van der Waals surface area contributed by atoms with Crippen molar-refractivity contribution in [3.8, 4) is 0 Å². The first-order valence-electron chi connectivity index (χ1n) is 5.63. The minimum atomic E-state index is -0.503. The summed E-state index contributed by atoms with van der Waals surface area (Å²) in [6, 6.07) is 0. The van der Waals surface area contributed by atoms with Crippen LogP contribution in [0.5, 0.6) is 0 Å². The van der Waals surface area contributed by atoms with E-state index in [-0.39, 0.29) is 5.88 Å². The summed E-state index contributed by atoms with van der Waals surface area (Å²) in [7, 11) is 0. The Balaban J connectivity index is 2.92. The Morgan fingerprint density at radius 3 is 2.43 bits per heavy atom. The zero-order valence-electron chi connectivity index (χ0n) is 9.17. The fourth-order valence-electron chi connectivity index (χ4n) is 1.25. The number of ether oxygens (including phenoxy) is 1. The summed E-state index contributed by atoms with van der Waals surface area (Å²) in [5, 5.41) is 9.07. The van der Waals surface area contributed by atoms with Crippen LogP contribution in [0.25, 0.3) is 0 Å². The van der Waals surface area contributed by atoms with E-state index >= 15 is 0 Å². The summed E-state index contributed by atoms with van der Waals surface area (Å²) < 4.78 is 5.26. The van der Waals surface area contributed by atoms with E-state index in [1.54, 1.807) is 0 Å². The summed E-state index contributed by atoms with van der Waals surface area (Å²) >= 11 is 5.42. The van der Waals surface area contributed by atoms with Crippen molar-refractivity contribution in [1.82, 2.24) is 0 Å². The molecular formula is C11H23ClO2.